The van der Waals surface area contributed by atoms with E-state index in [2.05, 4.69) is 22.0 Å². The SMILES string of the molecule is CN(c1ccccc1)c1ncc(CN)s1. The van der Waals surface area contributed by atoms with Gasteiger partial charge in [0.25, 0.3) is 0 Å². The van der Waals surface area contributed by atoms with E-state index < -0.39 is 0 Å². The molecular weight excluding hydrogens is 206 g/mol. The van der Waals surface area contributed by atoms with Crippen molar-refractivity contribution in [2.45, 2.75) is 6.54 Å². The molecule has 2 rings (SSSR count). The Morgan fingerprint density at radius 2 is 2.07 bits per heavy atom. The summed E-state index contributed by atoms with van der Waals surface area (Å²) in [5, 5.41) is 0.974. The van der Waals surface area contributed by atoms with Crippen molar-refractivity contribution >= 4 is 22.2 Å². The molecule has 1 aromatic carbocycles. The summed E-state index contributed by atoms with van der Waals surface area (Å²) in [6.07, 6.45) is 1.83. The van der Waals surface area contributed by atoms with Crippen molar-refractivity contribution in [2.75, 3.05) is 11.9 Å². The highest BCUT2D eigenvalue weighted by Crippen LogP contribution is 2.27. The topological polar surface area (TPSA) is 42.2 Å². The lowest BCUT2D eigenvalue weighted by atomic mass is 10.3. The molecule has 1 heterocycles. The molecule has 0 fully saturated rings. The monoisotopic (exact) mass is 219 g/mol. The number of hydrogen-bond donors (Lipinski definition) is 1. The summed E-state index contributed by atoms with van der Waals surface area (Å²) in [5.41, 5.74) is 6.69. The average molecular weight is 219 g/mol. The standard InChI is InChI=1S/C11H13N3S/c1-14(9-5-3-2-4-6-9)11-13-8-10(7-12)15-11/h2-6,8H,7,12H2,1H3. The Hall–Kier alpha value is -1.39. The summed E-state index contributed by atoms with van der Waals surface area (Å²) in [7, 11) is 2.01. The van der Waals surface area contributed by atoms with Gasteiger partial charge in [-0.3, -0.25) is 0 Å². The van der Waals surface area contributed by atoms with Crippen LogP contribution in [0, 0.1) is 0 Å². The zero-order chi connectivity index (χ0) is 10.7. The highest BCUT2D eigenvalue weighted by molar-refractivity contribution is 7.15. The highest BCUT2D eigenvalue weighted by atomic mass is 32.1. The largest absolute Gasteiger partial charge is 0.326 e. The van der Waals surface area contributed by atoms with Crippen LogP contribution in [0.1, 0.15) is 4.88 Å². The number of benzene rings is 1. The number of anilines is 2. The van der Waals surface area contributed by atoms with Crippen LogP contribution < -0.4 is 10.6 Å². The van der Waals surface area contributed by atoms with Crippen molar-refractivity contribution in [2.24, 2.45) is 5.73 Å². The average Bonchev–Trinajstić information content (AvgIpc) is 2.78. The normalized spacial score (nSPS) is 10.3. The predicted molar refractivity (Wildman–Crippen MR) is 64.5 cm³/mol. The van der Waals surface area contributed by atoms with E-state index in [1.807, 2.05) is 31.4 Å². The number of aromatic nitrogens is 1. The molecule has 1 aromatic heterocycles. The fraction of sp³-hybridized carbons (Fsp3) is 0.182. The third-order valence-electron chi connectivity index (χ3n) is 2.17. The van der Waals surface area contributed by atoms with Gasteiger partial charge in [0.15, 0.2) is 5.13 Å². The number of nitrogens with zero attached hydrogens (tertiary/aromatic N) is 2. The van der Waals surface area contributed by atoms with Crippen molar-refractivity contribution < 1.29 is 0 Å². The van der Waals surface area contributed by atoms with Gasteiger partial charge in [-0.15, -0.1) is 11.3 Å². The van der Waals surface area contributed by atoms with Crippen LogP contribution >= 0.6 is 11.3 Å². The summed E-state index contributed by atoms with van der Waals surface area (Å²) >= 11 is 1.63. The molecular formula is C11H13N3S. The molecule has 3 nitrogen and oxygen atoms in total. The maximum Gasteiger partial charge on any atom is 0.189 e. The van der Waals surface area contributed by atoms with Gasteiger partial charge in [-0.25, -0.2) is 4.98 Å². The van der Waals surface area contributed by atoms with Crippen molar-refractivity contribution in [3.63, 3.8) is 0 Å². The van der Waals surface area contributed by atoms with Crippen molar-refractivity contribution in [1.82, 2.24) is 4.98 Å². The highest BCUT2D eigenvalue weighted by Gasteiger charge is 2.07. The number of para-hydroxylation sites is 1. The molecule has 4 heteroatoms. The van der Waals surface area contributed by atoms with Crippen LogP contribution in [-0.2, 0) is 6.54 Å². The minimum absolute atomic E-state index is 0.556. The first-order chi connectivity index (χ1) is 7.31. The number of rotatable bonds is 3. The summed E-state index contributed by atoms with van der Waals surface area (Å²) in [6.45, 7) is 0.556. The van der Waals surface area contributed by atoms with Crippen LogP contribution in [-0.4, -0.2) is 12.0 Å². The Balaban J connectivity index is 2.24. The molecule has 0 radical (unpaired) electrons. The van der Waals surface area contributed by atoms with E-state index in [-0.39, 0.29) is 0 Å². The molecule has 0 aliphatic rings. The van der Waals surface area contributed by atoms with Gasteiger partial charge in [-0.2, -0.15) is 0 Å². The zero-order valence-electron chi connectivity index (χ0n) is 8.55. The Kier molecular flexibility index (Phi) is 2.99. The third-order valence-corrected chi connectivity index (χ3v) is 3.27. The molecule has 0 aliphatic heterocycles. The van der Waals surface area contributed by atoms with E-state index >= 15 is 0 Å². The third kappa shape index (κ3) is 2.16. The fourth-order valence-electron chi connectivity index (χ4n) is 1.31. The van der Waals surface area contributed by atoms with Crippen LogP contribution in [0.2, 0.25) is 0 Å². The summed E-state index contributed by atoms with van der Waals surface area (Å²) < 4.78 is 0. The molecule has 15 heavy (non-hydrogen) atoms. The first-order valence-electron chi connectivity index (χ1n) is 4.75. The van der Waals surface area contributed by atoms with Crippen LogP contribution in [0.25, 0.3) is 0 Å². The lowest BCUT2D eigenvalue weighted by molar-refractivity contribution is 1.09. The molecule has 78 valence electrons. The van der Waals surface area contributed by atoms with Gasteiger partial charge in [-0.05, 0) is 12.1 Å². The Labute approximate surface area is 93.2 Å². The van der Waals surface area contributed by atoms with Gasteiger partial charge in [0.1, 0.15) is 0 Å². The number of thiazole rings is 1. The summed E-state index contributed by atoms with van der Waals surface area (Å²) in [6, 6.07) is 10.2. The lowest BCUT2D eigenvalue weighted by Crippen LogP contribution is -2.08. The molecule has 0 amide bonds. The van der Waals surface area contributed by atoms with Gasteiger partial charge < -0.3 is 10.6 Å². The van der Waals surface area contributed by atoms with Crippen LogP contribution in [0.3, 0.4) is 0 Å². The van der Waals surface area contributed by atoms with E-state index in [9.17, 15) is 0 Å². The molecule has 0 atom stereocenters. The molecule has 2 N–H and O–H groups in total. The van der Waals surface area contributed by atoms with Gasteiger partial charge >= 0.3 is 0 Å². The summed E-state index contributed by atoms with van der Waals surface area (Å²) in [5.74, 6) is 0. The van der Waals surface area contributed by atoms with Crippen LogP contribution in [0.4, 0.5) is 10.8 Å². The molecule has 0 saturated heterocycles. The van der Waals surface area contributed by atoms with E-state index in [0.717, 1.165) is 15.7 Å². The second-order valence-electron chi connectivity index (χ2n) is 3.21. The van der Waals surface area contributed by atoms with Crippen molar-refractivity contribution in [3.8, 4) is 0 Å². The van der Waals surface area contributed by atoms with Gasteiger partial charge in [0, 0.05) is 30.4 Å². The molecule has 0 unspecified atom stereocenters. The van der Waals surface area contributed by atoms with Crippen molar-refractivity contribution in [3.05, 3.63) is 41.4 Å². The van der Waals surface area contributed by atoms with Crippen LogP contribution in [0.5, 0.6) is 0 Å². The van der Waals surface area contributed by atoms with Crippen LogP contribution in [0.15, 0.2) is 36.5 Å². The Bertz CT molecular complexity index is 424. The minimum Gasteiger partial charge on any atom is -0.326 e. The summed E-state index contributed by atoms with van der Waals surface area (Å²) in [4.78, 5) is 7.49. The van der Waals surface area contributed by atoms with E-state index in [0.29, 0.717) is 6.54 Å². The van der Waals surface area contributed by atoms with Gasteiger partial charge in [0.05, 0.1) is 0 Å². The van der Waals surface area contributed by atoms with Gasteiger partial charge in [0.2, 0.25) is 0 Å². The van der Waals surface area contributed by atoms with E-state index in [1.165, 1.54) is 0 Å². The Morgan fingerprint density at radius 1 is 1.33 bits per heavy atom. The zero-order valence-corrected chi connectivity index (χ0v) is 9.37. The second-order valence-corrected chi connectivity index (χ2v) is 4.30. The molecule has 0 bridgehead atoms. The van der Waals surface area contributed by atoms with Gasteiger partial charge in [-0.1, -0.05) is 18.2 Å². The quantitative estimate of drug-likeness (QED) is 0.861. The predicted octanol–water partition coefficient (Wildman–Crippen LogP) is 2.37. The van der Waals surface area contributed by atoms with E-state index in [1.54, 1.807) is 11.3 Å². The molecule has 0 saturated carbocycles. The fourth-order valence-corrected chi connectivity index (χ4v) is 2.08. The Morgan fingerprint density at radius 3 is 2.67 bits per heavy atom. The number of hydrogen-bond acceptors (Lipinski definition) is 4. The molecule has 0 spiro atoms. The smallest absolute Gasteiger partial charge is 0.189 e. The minimum atomic E-state index is 0.556. The maximum atomic E-state index is 5.55. The second kappa shape index (κ2) is 4.42. The molecule has 2 aromatic rings. The van der Waals surface area contributed by atoms with Crippen molar-refractivity contribution in [1.29, 1.82) is 0 Å². The van der Waals surface area contributed by atoms with E-state index in [4.69, 9.17) is 5.73 Å². The molecule has 0 aliphatic carbocycles. The number of nitrogens with two attached hydrogens (primary N) is 1. The first kappa shape index (κ1) is 10.1. The maximum absolute atomic E-state index is 5.55. The lowest BCUT2D eigenvalue weighted by Gasteiger charge is -2.15. The first-order valence-corrected chi connectivity index (χ1v) is 5.56.